The van der Waals surface area contributed by atoms with Crippen LogP contribution in [0.25, 0.3) is 0 Å². The summed E-state index contributed by atoms with van der Waals surface area (Å²) in [4.78, 5) is 37.8. The van der Waals surface area contributed by atoms with Crippen LogP contribution in [-0.2, 0) is 32.7 Å². The van der Waals surface area contributed by atoms with Gasteiger partial charge in [0.25, 0.3) is 7.82 Å². The highest BCUT2D eigenvalue weighted by Crippen LogP contribution is 2.38. The monoisotopic (exact) mass is 1020 g/mol. The number of hydrogen-bond acceptors (Lipinski definition) is 8. The summed E-state index contributed by atoms with van der Waals surface area (Å²) in [7, 11) is 1.13. The van der Waals surface area contributed by atoms with Crippen molar-refractivity contribution in [1.82, 2.24) is 0 Å². The summed E-state index contributed by atoms with van der Waals surface area (Å²) < 4.78 is 34.1. The quantitative estimate of drug-likeness (QED) is 0.0195. The maximum absolute atomic E-state index is 12.8. The first kappa shape index (κ1) is 68.4. The molecule has 0 fully saturated rings. The molecule has 0 spiro atoms. The van der Waals surface area contributed by atoms with Gasteiger partial charge in [-0.15, -0.1) is 0 Å². The maximum Gasteiger partial charge on any atom is 0.306 e. The van der Waals surface area contributed by atoms with Crippen molar-refractivity contribution in [2.24, 2.45) is 0 Å². The van der Waals surface area contributed by atoms with Crippen molar-refractivity contribution in [2.75, 3.05) is 47.5 Å². The van der Waals surface area contributed by atoms with Crippen molar-refractivity contribution < 1.29 is 42.1 Å². The molecule has 410 valence electrons. The summed E-state index contributed by atoms with van der Waals surface area (Å²) in [5.41, 5.74) is 0. The third-order valence-corrected chi connectivity index (χ3v) is 12.4. The molecular weight excluding hydrogens is 918 g/mol. The van der Waals surface area contributed by atoms with Crippen molar-refractivity contribution in [3.63, 3.8) is 0 Å². The van der Waals surface area contributed by atoms with Gasteiger partial charge >= 0.3 is 11.9 Å². The van der Waals surface area contributed by atoms with Crippen LogP contribution in [0.1, 0.15) is 206 Å². The van der Waals surface area contributed by atoms with Gasteiger partial charge in [-0.1, -0.05) is 206 Å². The van der Waals surface area contributed by atoms with E-state index in [1.165, 1.54) is 44.9 Å². The minimum atomic E-state index is -4.65. The van der Waals surface area contributed by atoms with E-state index in [0.717, 1.165) is 122 Å². The Hall–Kier alpha value is -3.59. The maximum atomic E-state index is 12.8. The highest BCUT2D eigenvalue weighted by atomic mass is 31.2. The number of quaternary nitrogens is 1. The number of phosphoric ester groups is 1. The standard InChI is InChI=1S/C62H104NO8P/c1-6-8-10-12-14-16-18-20-22-23-24-25-26-27-28-29-30-31-32-33-34-35-36-37-38-39-41-43-45-47-49-51-53-55-62(65)71-60(59-70-72(66,67)69-57-56-63(3,4)5)58-68-61(64)54-52-50-48-46-44-42-40-21-19-17-15-13-11-9-7-2/h8,10,14,16,20-22,24-25,27-28,30-31,33-34,36-37,39-41,60H,6-7,9,11-13,15,17-19,23,26,29,32,35,38,42-59H2,1-5H3/b10-8-,16-14-,22-20-,25-24-,28-27-,31-30-,34-33-,37-36-,40-21-,41-39-. The molecule has 0 aromatic heterocycles. The van der Waals surface area contributed by atoms with Crippen molar-refractivity contribution in [1.29, 1.82) is 0 Å². The summed E-state index contributed by atoms with van der Waals surface area (Å²) in [5, 5.41) is 0. The molecule has 2 atom stereocenters. The van der Waals surface area contributed by atoms with Gasteiger partial charge in [0, 0.05) is 12.8 Å². The SMILES string of the molecule is CC/C=C\C/C=C\C/C=C\C/C=C\C/C=C\C/C=C\C/C=C\C/C=C\C/C=C\CCCCCCCC(=O)OC(COC(=O)CCCCCCC/C=C\CCCCCCCC)COP(=O)([O-])OCC[N+](C)(C)C. The number of carbonyl (C=O) groups is 2. The molecule has 9 nitrogen and oxygen atoms in total. The van der Waals surface area contributed by atoms with Crippen LogP contribution in [0.4, 0.5) is 0 Å². The molecule has 0 amide bonds. The Bertz CT molecular complexity index is 1630. The van der Waals surface area contributed by atoms with Gasteiger partial charge in [-0.3, -0.25) is 14.2 Å². The largest absolute Gasteiger partial charge is 0.756 e. The molecule has 0 rings (SSSR count). The summed E-state index contributed by atoms with van der Waals surface area (Å²) in [6, 6.07) is 0. The molecule has 0 N–H and O–H groups in total. The van der Waals surface area contributed by atoms with Gasteiger partial charge < -0.3 is 27.9 Å². The van der Waals surface area contributed by atoms with Gasteiger partial charge in [0.05, 0.1) is 27.7 Å². The third kappa shape index (κ3) is 55.7. The van der Waals surface area contributed by atoms with E-state index in [-0.39, 0.29) is 26.1 Å². The van der Waals surface area contributed by atoms with E-state index < -0.39 is 32.5 Å². The van der Waals surface area contributed by atoms with Crippen LogP contribution in [-0.4, -0.2) is 70.0 Å². The first-order valence-corrected chi connectivity index (χ1v) is 29.7. The first-order valence-electron chi connectivity index (χ1n) is 28.2. The van der Waals surface area contributed by atoms with Gasteiger partial charge in [-0.25, -0.2) is 0 Å². The summed E-state index contributed by atoms with van der Waals surface area (Å²) in [5.74, 6) is -0.874. The molecule has 0 heterocycles. The van der Waals surface area contributed by atoms with E-state index in [2.05, 4.69) is 135 Å². The Kier molecular flexibility index (Phi) is 49.7. The Balaban J connectivity index is 4.25. The van der Waals surface area contributed by atoms with Crippen LogP contribution in [0.3, 0.4) is 0 Å². The molecule has 0 aliphatic carbocycles. The number of phosphoric acid groups is 1. The van der Waals surface area contributed by atoms with Gasteiger partial charge in [-0.05, 0) is 109 Å². The first-order chi connectivity index (χ1) is 35.0. The third-order valence-electron chi connectivity index (χ3n) is 11.5. The molecule has 0 radical (unpaired) electrons. The second-order valence-electron chi connectivity index (χ2n) is 19.6. The van der Waals surface area contributed by atoms with Crippen molar-refractivity contribution in [3.05, 3.63) is 122 Å². The Morgan fingerprint density at radius 3 is 1.19 bits per heavy atom. The number of hydrogen-bond donors (Lipinski definition) is 0. The van der Waals surface area contributed by atoms with Crippen LogP contribution >= 0.6 is 7.82 Å². The normalized spacial score (nSPS) is 14.2. The highest BCUT2D eigenvalue weighted by molar-refractivity contribution is 7.45. The number of ether oxygens (including phenoxy) is 2. The van der Waals surface area contributed by atoms with E-state index >= 15 is 0 Å². The summed E-state index contributed by atoms with van der Waals surface area (Å²) in [6.45, 7) is 4.06. The predicted molar refractivity (Wildman–Crippen MR) is 305 cm³/mol. The molecule has 0 bridgehead atoms. The molecule has 0 aromatic rings. The van der Waals surface area contributed by atoms with E-state index in [9.17, 15) is 19.0 Å². The number of carbonyl (C=O) groups excluding carboxylic acids is 2. The molecule has 2 unspecified atom stereocenters. The number of nitrogens with zero attached hydrogens (tertiary/aromatic N) is 1. The molecule has 0 saturated heterocycles. The van der Waals surface area contributed by atoms with Gasteiger partial charge in [0.2, 0.25) is 0 Å². The minimum Gasteiger partial charge on any atom is -0.756 e. The minimum absolute atomic E-state index is 0.0426. The molecule has 0 aliphatic heterocycles. The smallest absolute Gasteiger partial charge is 0.306 e. The van der Waals surface area contributed by atoms with E-state index in [0.29, 0.717) is 23.9 Å². The average molecular weight is 1020 g/mol. The zero-order valence-electron chi connectivity index (χ0n) is 46.3. The van der Waals surface area contributed by atoms with Crippen molar-refractivity contribution in [2.45, 2.75) is 213 Å². The topological polar surface area (TPSA) is 111 Å². The molecule has 0 saturated carbocycles. The van der Waals surface area contributed by atoms with Crippen molar-refractivity contribution >= 4 is 19.8 Å². The van der Waals surface area contributed by atoms with Gasteiger partial charge in [0.15, 0.2) is 6.10 Å². The van der Waals surface area contributed by atoms with Crippen LogP contribution < -0.4 is 4.89 Å². The number of allylic oxidation sites excluding steroid dienone is 20. The fraction of sp³-hybridized carbons (Fsp3) is 0.645. The summed E-state index contributed by atoms with van der Waals surface area (Å²) in [6.07, 6.45) is 73.8. The highest BCUT2D eigenvalue weighted by Gasteiger charge is 2.21. The Labute approximate surface area is 441 Å². The second kappa shape index (κ2) is 52.3. The predicted octanol–water partition coefficient (Wildman–Crippen LogP) is 17.0. The van der Waals surface area contributed by atoms with Crippen LogP contribution in [0.2, 0.25) is 0 Å². The van der Waals surface area contributed by atoms with Gasteiger partial charge in [0.1, 0.15) is 19.8 Å². The fourth-order valence-electron chi connectivity index (χ4n) is 7.11. The average Bonchev–Trinajstić information content (AvgIpc) is 3.34. The summed E-state index contributed by atoms with van der Waals surface area (Å²) >= 11 is 0. The molecular formula is C62H104NO8P. The van der Waals surface area contributed by atoms with E-state index in [4.69, 9.17) is 18.5 Å². The zero-order chi connectivity index (χ0) is 52.7. The Morgan fingerprint density at radius 1 is 0.444 bits per heavy atom. The van der Waals surface area contributed by atoms with Crippen LogP contribution in [0.15, 0.2) is 122 Å². The lowest BCUT2D eigenvalue weighted by Crippen LogP contribution is -2.37. The second-order valence-corrected chi connectivity index (χ2v) is 21.0. The number of unbranched alkanes of at least 4 members (excludes halogenated alkanes) is 16. The van der Waals surface area contributed by atoms with E-state index in [1.807, 2.05) is 21.1 Å². The lowest BCUT2D eigenvalue weighted by atomic mass is 10.1. The van der Waals surface area contributed by atoms with Crippen LogP contribution in [0, 0.1) is 0 Å². The van der Waals surface area contributed by atoms with E-state index in [1.54, 1.807) is 0 Å². The Morgan fingerprint density at radius 2 is 0.792 bits per heavy atom. The molecule has 72 heavy (non-hydrogen) atoms. The van der Waals surface area contributed by atoms with Crippen molar-refractivity contribution in [3.8, 4) is 0 Å². The number of likely N-dealkylation sites (N-methyl/N-ethyl adjacent to an activating group) is 1. The number of rotatable bonds is 50. The van der Waals surface area contributed by atoms with Crippen LogP contribution in [0.5, 0.6) is 0 Å². The molecule has 0 aliphatic rings. The molecule has 10 heteroatoms. The van der Waals surface area contributed by atoms with Gasteiger partial charge in [-0.2, -0.15) is 0 Å². The number of esters is 2. The fourth-order valence-corrected chi connectivity index (χ4v) is 7.84. The zero-order valence-corrected chi connectivity index (χ0v) is 47.2. The molecule has 0 aromatic carbocycles. The lowest BCUT2D eigenvalue weighted by Gasteiger charge is -2.28. The lowest BCUT2D eigenvalue weighted by molar-refractivity contribution is -0.870.